The molecule has 0 aliphatic rings. The van der Waals surface area contributed by atoms with Gasteiger partial charge in [0.05, 0.1) is 17.7 Å². The van der Waals surface area contributed by atoms with Crippen LogP contribution in [0, 0.1) is 11.3 Å². The third-order valence-corrected chi connectivity index (χ3v) is 3.49. The fourth-order valence-electron chi connectivity index (χ4n) is 1.96. The molecule has 1 heterocycles. The molecule has 0 saturated carbocycles. The smallest absolute Gasteiger partial charge is 0.337 e. The van der Waals surface area contributed by atoms with Crippen LogP contribution in [0.5, 0.6) is 0 Å². The molecule has 0 bridgehead atoms. The van der Waals surface area contributed by atoms with Gasteiger partial charge < -0.3 is 14.5 Å². The Morgan fingerprint density at radius 3 is 2.71 bits per heavy atom. The normalized spacial score (nSPS) is 10.8. The van der Waals surface area contributed by atoms with E-state index in [0.717, 1.165) is 0 Å². The zero-order valence-electron chi connectivity index (χ0n) is 12.9. The molecule has 122 valence electrons. The number of nitrogens with zero attached hydrogens (tertiary/aromatic N) is 1. The summed E-state index contributed by atoms with van der Waals surface area (Å²) in [7, 11) is 2.72. The van der Waals surface area contributed by atoms with E-state index in [1.165, 1.54) is 20.2 Å². The number of benzene rings is 1. The highest BCUT2D eigenvalue weighted by atomic mass is 35.5. The Labute approximate surface area is 143 Å². The third kappa shape index (κ3) is 3.65. The molecule has 2 aromatic rings. The number of carbonyl (C=O) groups is 2. The molecule has 0 fully saturated rings. The van der Waals surface area contributed by atoms with Crippen molar-refractivity contribution < 1.29 is 18.7 Å². The summed E-state index contributed by atoms with van der Waals surface area (Å²) in [5.74, 6) is -0.303. The monoisotopic (exact) mass is 344 g/mol. The molecule has 0 unspecified atom stereocenters. The number of hydrogen-bond donors (Lipinski definition) is 1. The van der Waals surface area contributed by atoms with Crippen LogP contribution in [0.15, 0.2) is 40.3 Å². The Morgan fingerprint density at radius 1 is 1.33 bits per heavy atom. The van der Waals surface area contributed by atoms with Crippen molar-refractivity contribution >= 4 is 29.6 Å². The summed E-state index contributed by atoms with van der Waals surface area (Å²) in [5.41, 5.74) is 0.735. The lowest BCUT2D eigenvalue weighted by Gasteiger charge is -2.04. The molecular formula is C17H13ClN2O4. The minimum Gasteiger partial charge on any atom is -0.465 e. The van der Waals surface area contributed by atoms with E-state index in [9.17, 15) is 9.59 Å². The largest absolute Gasteiger partial charge is 0.465 e. The van der Waals surface area contributed by atoms with E-state index in [4.69, 9.17) is 21.3 Å². The molecule has 24 heavy (non-hydrogen) atoms. The number of amides is 1. The molecule has 7 heteroatoms. The number of nitriles is 1. The molecule has 0 aliphatic heterocycles. The molecule has 1 N–H and O–H groups in total. The highest BCUT2D eigenvalue weighted by Gasteiger charge is 2.14. The van der Waals surface area contributed by atoms with Gasteiger partial charge >= 0.3 is 5.97 Å². The predicted octanol–water partition coefficient (Wildman–Crippen LogP) is 3.04. The fraction of sp³-hybridized carbons (Fsp3) is 0.118. The van der Waals surface area contributed by atoms with E-state index in [1.54, 1.807) is 36.4 Å². The van der Waals surface area contributed by atoms with Gasteiger partial charge in [-0.15, -0.1) is 0 Å². The summed E-state index contributed by atoms with van der Waals surface area (Å²) in [6, 6.07) is 9.67. The third-order valence-electron chi connectivity index (χ3n) is 3.16. The Kier molecular flexibility index (Phi) is 5.40. The van der Waals surface area contributed by atoms with Crippen molar-refractivity contribution in [1.29, 1.82) is 5.26 Å². The molecular weight excluding hydrogens is 332 g/mol. The van der Waals surface area contributed by atoms with Gasteiger partial charge in [0.2, 0.25) is 0 Å². The highest BCUT2D eigenvalue weighted by Crippen LogP contribution is 2.31. The topological polar surface area (TPSA) is 92.3 Å². The second-order valence-electron chi connectivity index (χ2n) is 4.64. The molecule has 6 nitrogen and oxygen atoms in total. The van der Waals surface area contributed by atoms with Crippen molar-refractivity contribution in [3.63, 3.8) is 0 Å². The van der Waals surface area contributed by atoms with E-state index in [-0.39, 0.29) is 5.57 Å². The number of ether oxygens (including phenoxy) is 1. The van der Waals surface area contributed by atoms with Gasteiger partial charge in [-0.3, -0.25) is 4.79 Å². The second kappa shape index (κ2) is 7.49. The first-order chi connectivity index (χ1) is 11.5. The summed E-state index contributed by atoms with van der Waals surface area (Å²) in [6.45, 7) is 0. The van der Waals surface area contributed by atoms with E-state index in [0.29, 0.717) is 27.7 Å². The maximum Gasteiger partial charge on any atom is 0.337 e. The molecule has 0 saturated heterocycles. The van der Waals surface area contributed by atoms with Crippen LogP contribution in [0.25, 0.3) is 17.4 Å². The number of likely N-dealkylation sites (N-methyl/N-ethyl adjacent to an activating group) is 1. The first kappa shape index (κ1) is 17.3. The number of esters is 1. The van der Waals surface area contributed by atoms with Crippen LogP contribution in [0.3, 0.4) is 0 Å². The Balaban J connectivity index is 2.41. The number of carbonyl (C=O) groups excluding carboxylic acids is 2. The van der Waals surface area contributed by atoms with Gasteiger partial charge in [0.1, 0.15) is 23.2 Å². The van der Waals surface area contributed by atoms with E-state index >= 15 is 0 Å². The molecule has 1 amide bonds. The van der Waals surface area contributed by atoms with Gasteiger partial charge in [0, 0.05) is 18.7 Å². The summed E-state index contributed by atoms with van der Waals surface area (Å²) in [6.07, 6.45) is 1.32. The van der Waals surface area contributed by atoms with Crippen molar-refractivity contribution in [3.8, 4) is 17.4 Å². The fourth-order valence-corrected chi connectivity index (χ4v) is 2.17. The SMILES string of the molecule is CNC(=O)/C(C#N)=C/c1ccc(-c2cc(C(=O)OC)ccc2Cl)o1. The number of methoxy groups -OCH3 is 1. The molecule has 0 spiro atoms. The van der Waals surface area contributed by atoms with Crippen LogP contribution >= 0.6 is 11.6 Å². The van der Waals surface area contributed by atoms with E-state index < -0.39 is 11.9 Å². The lowest BCUT2D eigenvalue weighted by atomic mass is 10.1. The summed E-state index contributed by atoms with van der Waals surface area (Å²) in [5, 5.41) is 11.7. The average Bonchev–Trinajstić information content (AvgIpc) is 3.07. The van der Waals surface area contributed by atoms with Gasteiger partial charge in [0.25, 0.3) is 5.91 Å². The van der Waals surface area contributed by atoms with E-state index in [1.807, 2.05) is 0 Å². The Bertz CT molecular complexity index is 862. The standard InChI is InChI=1S/C17H13ClN2O4/c1-20-16(21)11(9-19)7-12-4-6-15(24-12)13-8-10(17(22)23-2)3-5-14(13)18/h3-8H,1-2H3,(H,20,21)/b11-7+. The summed E-state index contributed by atoms with van der Waals surface area (Å²) < 4.78 is 10.3. The minimum atomic E-state index is -0.513. The van der Waals surface area contributed by atoms with Gasteiger partial charge in [-0.25, -0.2) is 4.79 Å². The van der Waals surface area contributed by atoms with Gasteiger partial charge in [-0.05, 0) is 30.3 Å². The van der Waals surface area contributed by atoms with Crippen molar-refractivity contribution in [3.05, 3.63) is 52.3 Å². The number of rotatable bonds is 4. The van der Waals surface area contributed by atoms with Gasteiger partial charge in [-0.1, -0.05) is 11.6 Å². The van der Waals surface area contributed by atoms with Gasteiger partial charge in [-0.2, -0.15) is 5.26 Å². The maximum atomic E-state index is 11.6. The minimum absolute atomic E-state index is 0.0900. The predicted molar refractivity (Wildman–Crippen MR) is 88.2 cm³/mol. The van der Waals surface area contributed by atoms with Crippen molar-refractivity contribution in [2.45, 2.75) is 0 Å². The Hall–Kier alpha value is -3.04. The van der Waals surface area contributed by atoms with E-state index in [2.05, 4.69) is 10.1 Å². The molecule has 1 aromatic heterocycles. The van der Waals surface area contributed by atoms with Crippen molar-refractivity contribution in [1.82, 2.24) is 5.32 Å². The molecule has 0 atom stereocenters. The lowest BCUT2D eigenvalue weighted by molar-refractivity contribution is -0.116. The van der Waals surface area contributed by atoms with Gasteiger partial charge in [0.15, 0.2) is 0 Å². The average molecular weight is 345 g/mol. The van der Waals surface area contributed by atoms with Crippen LogP contribution in [-0.2, 0) is 9.53 Å². The van der Waals surface area contributed by atoms with Crippen LogP contribution in [0.4, 0.5) is 0 Å². The second-order valence-corrected chi connectivity index (χ2v) is 5.04. The molecule has 0 radical (unpaired) electrons. The quantitative estimate of drug-likeness (QED) is 0.523. The van der Waals surface area contributed by atoms with Crippen LogP contribution < -0.4 is 5.32 Å². The molecule has 1 aromatic carbocycles. The zero-order valence-corrected chi connectivity index (χ0v) is 13.7. The summed E-state index contributed by atoms with van der Waals surface area (Å²) in [4.78, 5) is 23.1. The van der Waals surface area contributed by atoms with Crippen LogP contribution in [0.2, 0.25) is 5.02 Å². The number of furan rings is 1. The number of halogens is 1. The molecule has 2 rings (SSSR count). The highest BCUT2D eigenvalue weighted by molar-refractivity contribution is 6.33. The number of hydrogen-bond acceptors (Lipinski definition) is 5. The summed E-state index contributed by atoms with van der Waals surface area (Å²) >= 11 is 6.15. The van der Waals surface area contributed by atoms with Crippen LogP contribution in [-0.4, -0.2) is 26.0 Å². The maximum absolute atomic E-state index is 11.6. The van der Waals surface area contributed by atoms with Crippen LogP contribution in [0.1, 0.15) is 16.1 Å². The lowest BCUT2D eigenvalue weighted by Crippen LogP contribution is -2.18. The van der Waals surface area contributed by atoms with Crippen molar-refractivity contribution in [2.24, 2.45) is 0 Å². The molecule has 0 aliphatic carbocycles. The zero-order chi connectivity index (χ0) is 17.7. The Morgan fingerprint density at radius 2 is 2.08 bits per heavy atom. The first-order valence-electron chi connectivity index (χ1n) is 6.82. The first-order valence-corrected chi connectivity index (χ1v) is 7.20. The van der Waals surface area contributed by atoms with Crippen molar-refractivity contribution in [2.75, 3.05) is 14.2 Å². The number of nitrogens with one attached hydrogen (secondary N) is 1.